The van der Waals surface area contributed by atoms with Crippen molar-refractivity contribution < 1.29 is 14.3 Å². The molecule has 2 aromatic rings. The molecule has 0 bridgehead atoms. The second kappa shape index (κ2) is 12.0. The SMILES string of the molecule is CCC(C(=O)NCC(C)C)N(Cc1ccc(Cl)c(Cl)c1)C(=O)COc1ccc(C)cc1. The maximum atomic E-state index is 13.1. The van der Waals surface area contributed by atoms with Gasteiger partial charge in [-0.2, -0.15) is 0 Å². The van der Waals surface area contributed by atoms with Crippen LogP contribution in [-0.2, 0) is 16.1 Å². The third kappa shape index (κ3) is 7.75. The molecule has 1 unspecified atom stereocenters. The fourth-order valence-corrected chi connectivity index (χ4v) is 3.36. The first-order valence-corrected chi connectivity index (χ1v) is 11.2. The van der Waals surface area contributed by atoms with Crippen molar-refractivity contribution in [3.8, 4) is 5.75 Å². The fraction of sp³-hybridized carbons (Fsp3) is 0.417. The molecule has 31 heavy (non-hydrogen) atoms. The van der Waals surface area contributed by atoms with Gasteiger partial charge in [0.15, 0.2) is 6.61 Å². The predicted octanol–water partition coefficient (Wildman–Crippen LogP) is 5.26. The molecule has 1 atom stereocenters. The number of rotatable bonds is 10. The molecule has 0 heterocycles. The highest BCUT2D eigenvalue weighted by Crippen LogP contribution is 2.24. The van der Waals surface area contributed by atoms with Crippen LogP contribution in [0.15, 0.2) is 42.5 Å². The van der Waals surface area contributed by atoms with Crippen LogP contribution in [0.4, 0.5) is 0 Å². The molecule has 168 valence electrons. The summed E-state index contributed by atoms with van der Waals surface area (Å²) < 4.78 is 5.69. The van der Waals surface area contributed by atoms with Crippen molar-refractivity contribution in [3.63, 3.8) is 0 Å². The van der Waals surface area contributed by atoms with E-state index in [-0.39, 0.29) is 25.0 Å². The minimum absolute atomic E-state index is 0.168. The van der Waals surface area contributed by atoms with E-state index in [4.69, 9.17) is 27.9 Å². The number of halogens is 2. The molecule has 2 aromatic carbocycles. The van der Waals surface area contributed by atoms with Gasteiger partial charge in [-0.15, -0.1) is 0 Å². The third-order valence-corrected chi connectivity index (χ3v) is 5.53. The molecule has 0 aliphatic carbocycles. The van der Waals surface area contributed by atoms with Gasteiger partial charge in [-0.25, -0.2) is 0 Å². The first kappa shape index (κ1) is 25.0. The lowest BCUT2D eigenvalue weighted by Crippen LogP contribution is -2.50. The van der Waals surface area contributed by atoms with E-state index in [1.807, 2.05) is 52.0 Å². The number of hydrogen-bond donors (Lipinski definition) is 1. The largest absolute Gasteiger partial charge is 0.484 e. The normalized spacial score (nSPS) is 11.8. The van der Waals surface area contributed by atoms with Crippen molar-refractivity contribution in [3.05, 3.63) is 63.6 Å². The Balaban J connectivity index is 2.21. The molecule has 2 rings (SSSR count). The van der Waals surface area contributed by atoms with Crippen LogP contribution in [-0.4, -0.2) is 35.9 Å². The van der Waals surface area contributed by atoms with Gasteiger partial charge in [-0.05, 0) is 49.1 Å². The van der Waals surface area contributed by atoms with Crippen LogP contribution < -0.4 is 10.1 Å². The van der Waals surface area contributed by atoms with Crippen LogP contribution in [0.1, 0.15) is 38.3 Å². The van der Waals surface area contributed by atoms with Gasteiger partial charge < -0.3 is 15.0 Å². The Hall–Kier alpha value is -2.24. The topological polar surface area (TPSA) is 58.6 Å². The van der Waals surface area contributed by atoms with Crippen LogP contribution in [0.2, 0.25) is 10.0 Å². The summed E-state index contributed by atoms with van der Waals surface area (Å²) in [5.41, 5.74) is 1.89. The van der Waals surface area contributed by atoms with E-state index in [9.17, 15) is 9.59 Å². The number of carbonyl (C=O) groups is 2. The smallest absolute Gasteiger partial charge is 0.261 e. The van der Waals surface area contributed by atoms with Crippen molar-refractivity contribution in [2.24, 2.45) is 5.92 Å². The number of amides is 2. The maximum absolute atomic E-state index is 13.1. The number of ether oxygens (including phenoxy) is 1. The van der Waals surface area contributed by atoms with Crippen LogP contribution in [0, 0.1) is 12.8 Å². The number of nitrogens with zero attached hydrogens (tertiary/aromatic N) is 1. The van der Waals surface area contributed by atoms with Crippen molar-refractivity contribution in [2.45, 2.75) is 46.7 Å². The van der Waals surface area contributed by atoms with E-state index < -0.39 is 6.04 Å². The molecule has 0 aliphatic heterocycles. The zero-order chi connectivity index (χ0) is 23.0. The molecule has 0 radical (unpaired) electrons. The molecule has 0 spiro atoms. The number of aryl methyl sites for hydroxylation is 1. The van der Waals surface area contributed by atoms with Crippen molar-refractivity contribution >= 4 is 35.0 Å². The number of carbonyl (C=O) groups excluding carboxylic acids is 2. The number of nitrogens with one attached hydrogen (secondary N) is 1. The van der Waals surface area contributed by atoms with Gasteiger partial charge in [0.1, 0.15) is 11.8 Å². The van der Waals surface area contributed by atoms with Crippen LogP contribution in [0.5, 0.6) is 5.75 Å². The fourth-order valence-electron chi connectivity index (χ4n) is 3.04. The predicted molar refractivity (Wildman–Crippen MR) is 126 cm³/mol. The summed E-state index contributed by atoms with van der Waals surface area (Å²) in [6.45, 7) is 8.51. The number of hydrogen-bond acceptors (Lipinski definition) is 3. The Kier molecular flexibility index (Phi) is 9.66. The maximum Gasteiger partial charge on any atom is 0.261 e. The Morgan fingerprint density at radius 1 is 1.06 bits per heavy atom. The molecular weight excluding hydrogens is 435 g/mol. The Morgan fingerprint density at radius 2 is 1.74 bits per heavy atom. The standard InChI is InChI=1S/C24H30Cl2N2O3/c1-5-22(24(30)27-13-16(2)3)28(14-18-8-11-20(25)21(26)12-18)23(29)15-31-19-9-6-17(4)7-10-19/h6-12,16,22H,5,13-15H2,1-4H3,(H,27,30). The summed E-state index contributed by atoms with van der Waals surface area (Å²) in [4.78, 5) is 27.5. The Bertz CT molecular complexity index is 885. The zero-order valence-electron chi connectivity index (χ0n) is 18.5. The highest BCUT2D eigenvalue weighted by Gasteiger charge is 2.29. The van der Waals surface area contributed by atoms with Crippen LogP contribution in [0.25, 0.3) is 0 Å². The molecule has 0 aliphatic rings. The van der Waals surface area contributed by atoms with Gasteiger partial charge in [0.25, 0.3) is 5.91 Å². The molecule has 0 saturated heterocycles. The van der Waals surface area contributed by atoms with E-state index in [0.29, 0.717) is 34.7 Å². The van der Waals surface area contributed by atoms with E-state index in [0.717, 1.165) is 11.1 Å². The van der Waals surface area contributed by atoms with Gasteiger partial charge in [0.05, 0.1) is 10.0 Å². The highest BCUT2D eigenvalue weighted by atomic mass is 35.5. The van der Waals surface area contributed by atoms with Gasteiger partial charge in [-0.1, -0.05) is 67.7 Å². The monoisotopic (exact) mass is 464 g/mol. The lowest BCUT2D eigenvalue weighted by atomic mass is 10.1. The van der Waals surface area contributed by atoms with Gasteiger partial charge >= 0.3 is 0 Å². The van der Waals surface area contributed by atoms with E-state index in [1.54, 1.807) is 23.1 Å². The summed E-state index contributed by atoms with van der Waals surface area (Å²) in [5, 5.41) is 3.77. The van der Waals surface area contributed by atoms with Crippen LogP contribution >= 0.6 is 23.2 Å². The molecule has 7 heteroatoms. The molecule has 0 saturated carbocycles. The van der Waals surface area contributed by atoms with Crippen LogP contribution in [0.3, 0.4) is 0 Å². The minimum atomic E-state index is -0.623. The summed E-state index contributed by atoms with van der Waals surface area (Å²) in [6.07, 6.45) is 0.474. The highest BCUT2D eigenvalue weighted by molar-refractivity contribution is 6.42. The second-order valence-corrected chi connectivity index (χ2v) is 8.75. The molecule has 1 N–H and O–H groups in total. The van der Waals surface area contributed by atoms with Crippen molar-refractivity contribution in [1.29, 1.82) is 0 Å². The lowest BCUT2D eigenvalue weighted by Gasteiger charge is -2.31. The van der Waals surface area contributed by atoms with Crippen molar-refractivity contribution in [1.82, 2.24) is 10.2 Å². The summed E-state index contributed by atoms with van der Waals surface area (Å²) in [7, 11) is 0. The lowest BCUT2D eigenvalue weighted by molar-refractivity contribution is -0.143. The molecule has 0 aromatic heterocycles. The Morgan fingerprint density at radius 3 is 2.32 bits per heavy atom. The quantitative estimate of drug-likeness (QED) is 0.521. The summed E-state index contributed by atoms with van der Waals surface area (Å²) >= 11 is 12.2. The first-order valence-electron chi connectivity index (χ1n) is 10.4. The number of benzene rings is 2. The second-order valence-electron chi connectivity index (χ2n) is 7.93. The molecular formula is C24H30Cl2N2O3. The summed E-state index contributed by atoms with van der Waals surface area (Å²) in [6, 6.07) is 12.0. The molecule has 2 amide bonds. The minimum Gasteiger partial charge on any atom is -0.484 e. The van der Waals surface area contributed by atoms with E-state index >= 15 is 0 Å². The average molecular weight is 465 g/mol. The van der Waals surface area contributed by atoms with E-state index in [1.165, 1.54) is 0 Å². The zero-order valence-corrected chi connectivity index (χ0v) is 20.0. The van der Waals surface area contributed by atoms with Gasteiger partial charge in [0, 0.05) is 13.1 Å². The van der Waals surface area contributed by atoms with Crippen molar-refractivity contribution in [2.75, 3.05) is 13.2 Å². The molecule has 5 nitrogen and oxygen atoms in total. The van der Waals surface area contributed by atoms with Gasteiger partial charge in [0.2, 0.25) is 5.91 Å². The third-order valence-electron chi connectivity index (χ3n) is 4.79. The first-order chi connectivity index (χ1) is 14.7. The average Bonchev–Trinajstić information content (AvgIpc) is 2.74. The van der Waals surface area contributed by atoms with E-state index in [2.05, 4.69) is 5.32 Å². The molecule has 0 fully saturated rings. The Labute approximate surface area is 194 Å². The van der Waals surface area contributed by atoms with Gasteiger partial charge in [-0.3, -0.25) is 9.59 Å². The summed E-state index contributed by atoms with van der Waals surface area (Å²) in [5.74, 6) is 0.453.